The van der Waals surface area contributed by atoms with Crippen LogP contribution < -0.4 is 0 Å². The Morgan fingerprint density at radius 1 is 1.07 bits per heavy atom. The number of amides is 1. The zero-order valence-electron chi connectivity index (χ0n) is 16.5. The second-order valence-electron chi connectivity index (χ2n) is 8.75. The van der Waals surface area contributed by atoms with Crippen molar-refractivity contribution < 1.29 is 9.72 Å². The number of nitrogens with zero attached hydrogens (tertiary/aromatic N) is 3. The third-order valence-corrected chi connectivity index (χ3v) is 6.90. The van der Waals surface area contributed by atoms with Crippen molar-refractivity contribution in [3.63, 3.8) is 0 Å². The van der Waals surface area contributed by atoms with Crippen molar-refractivity contribution in [3.05, 3.63) is 68.4 Å². The fourth-order valence-corrected chi connectivity index (χ4v) is 6.01. The monoisotopic (exact) mass is 399 g/mol. The Balaban J connectivity index is 1.94. The van der Waals surface area contributed by atoms with Gasteiger partial charge in [0, 0.05) is 16.8 Å². The van der Waals surface area contributed by atoms with Crippen molar-refractivity contribution in [2.45, 2.75) is 51.0 Å². The zero-order valence-corrected chi connectivity index (χ0v) is 17.3. The average molecular weight is 400 g/mol. The Kier molecular flexibility index (Phi) is 4.55. The average Bonchev–Trinajstić information content (AvgIpc) is 3.31. The van der Waals surface area contributed by atoms with E-state index < -0.39 is 24.0 Å². The molecule has 2 unspecified atom stereocenters. The van der Waals surface area contributed by atoms with E-state index in [1.165, 1.54) is 11.3 Å². The maximum Gasteiger partial charge on any atom is 0.242 e. The molecule has 7 heteroatoms. The number of hydrogen-bond acceptors (Lipinski definition) is 5. The highest BCUT2D eigenvalue weighted by Gasteiger charge is 2.67. The first-order valence-electron chi connectivity index (χ1n) is 9.49. The van der Waals surface area contributed by atoms with Crippen LogP contribution >= 0.6 is 11.3 Å². The van der Waals surface area contributed by atoms with Crippen LogP contribution in [0.3, 0.4) is 0 Å². The van der Waals surface area contributed by atoms with E-state index in [1.807, 2.05) is 54.9 Å². The fraction of sp³-hybridized carbons (Fsp3) is 0.476. The molecule has 28 heavy (non-hydrogen) atoms. The first kappa shape index (κ1) is 19.1. The molecule has 2 saturated heterocycles. The number of likely N-dealkylation sites (N-methyl/N-ethyl adjacent to an activating group) is 1. The summed E-state index contributed by atoms with van der Waals surface area (Å²) in [6.07, 6.45) is -0.201. The van der Waals surface area contributed by atoms with Crippen LogP contribution in [0.2, 0.25) is 0 Å². The second-order valence-corrected chi connectivity index (χ2v) is 9.73. The summed E-state index contributed by atoms with van der Waals surface area (Å²) in [6, 6.07) is 11.6. The third kappa shape index (κ3) is 2.76. The minimum absolute atomic E-state index is 0.0281. The standard InChI is InChI=1S/C21H25N3O3S/c1-21(2,3)20-22(4)19(25)18-15(13-9-6-5-7-10-13)17(24(26)27)16(23(18)20)14-11-8-12-28-14/h5-12,15-18,20H,1-4H3/t15-,16+,17-,18?,20?/m0/s1. The van der Waals surface area contributed by atoms with Gasteiger partial charge in [-0.25, -0.2) is 0 Å². The molecule has 4 rings (SSSR count). The van der Waals surface area contributed by atoms with Gasteiger partial charge < -0.3 is 4.90 Å². The predicted octanol–water partition coefficient (Wildman–Crippen LogP) is 3.75. The molecule has 1 amide bonds. The molecule has 6 nitrogen and oxygen atoms in total. The first-order valence-corrected chi connectivity index (χ1v) is 10.4. The van der Waals surface area contributed by atoms with Crippen LogP contribution in [-0.2, 0) is 4.79 Å². The molecule has 3 heterocycles. The van der Waals surface area contributed by atoms with E-state index in [0.717, 1.165) is 10.4 Å². The van der Waals surface area contributed by atoms with Crippen LogP contribution in [0.1, 0.15) is 43.2 Å². The Morgan fingerprint density at radius 3 is 2.29 bits per heavy atom. The molecule has 2 aliphatic rings. The fourth-order valence-electron chi connectivity index (χ4n) is 5.14. The maximum atomic E-state index is 13.4. The lowest BCUT2D eigenvalue weighted by Gasteiger charge is -2.40. The highest BCUT2D eigenvalue weighted by Crippen LogP contribution is 2.54. The number of hydrogen-bond donors (Lipinski definition) is 0. The van der Waals surface area contributed by atoms with E-state index in [0.29, 0.717) is 0 Å². The lowest BCUT2D eigenvalue weighted by atomic mass is 9.86. The van der Waals surface area contributed by atoms with Gasteiger partial charge in [0.2, 0.25) is 11.9 Å². The van der Waals surface area contributed by atoms with Gasteiger partial charge in [-0.15, -0.1) is 11.3 Å². The smallest absolute Gasteiger partial charge is 0.242 e. The summed E-state index contributed by atoms with van der Waals surface area (Å²) in [5.41, 5.74) is 0.621. The van der Waals surface area contributed by atoms with E-state index >= 15 is 0 Å². The van der Waals surface area contributed by atoms with E-state index in [4.69, 9.17) is 0 Å². The number of fused-ring (bicyclic) bond motifs is 1. The van der Waals surface area contributed by atoms with Crippen LogP contribution in [0.25, 0.3) is 0 Å². The predicted molar refractivity (Wildman–Crippen MR) is 109 cm³/mol. The SMILES string of the molecule is CN1C(=O)C2[C@@H](c3ccccc3)[C@H]([N+](=O)[O-])[C@@H](c3cccs3)N2C1C(C)(C)C. The molecule has 1 aromatic heterocycles. The topological polar surface area (TPSA) is 66.7 Å². The number of carbonyl (C=O) groups is 1. The van der Waals surface area contributed by atoms with Crippen molar-refractivity contribution in [2.75, 3.05) is 7.05 Å². The molecule has 0 spiro atoms. The molecule has 148 valence electrons. The molecule has 2 fully saturated rings. The van der Waals surface area contributed by atoms with Crippen molar-refractivity contribution in [1.82, 2.24) is 9.80 Å². The van der Waals surface area contributed by atoms with Gasteiger partial charge in [0.15, 0.2) is 0 Å². The van der Waals surface area contributed by atoms with Gasteiger partial charge in [0.05, 0.1) is 12.1 Å². The molecule has 0 aliphatic carbocycles. The van der Waals surface area contributed by atoms with Gasteiger partial charge in [-0.1, -0.05) is 57.2 Å². The molecule has 0 N–H and O–H groups in total. The summed E-state index contributed by atoms with van der Waals surface area (Å²) in [5, 5.41) is 14.3. The van der Waals surface area contributed by atoms with Crippen molar-refractivity contribution in [2.24, 2.45) is 5.41 Å². The Morgan fingerprint density at radius 2 is 1.75 bits per heavy atom. The van der Waals surface area contributed by atoms with Crippen LogP contribution in [0.5, 0.6) is 0 Å². The van der Waals surface area contributed by atoms with Gasteiger partial charge in [0.1, 0.15) is 12.1 Å². The molecule has 0 bridgehead atoms. The lowest BCUT2D eigenvalue weighted by Crippen LogP contribution is -2.49. The summed E-state index contributed by atoms with van der Waals surface area (Å²) in [6.45, 7) is 6.27. The molecular formula is C21H25N3O3S. The van der Waals surface area contributed by atoms with Crippen LogP contribution in [0.15, 0.2) is 47.8 Å². The first-order chi connectivity index (χ1) is 13.2. The molecule has 5 atom stereocenters. The summed E-state index contributed by atoms with van der Waals surface area (Å²) in [5.74, 6) is -0.509. The highest BCUT2D eigenvalue weighted by molar-refractivity contribution is 7.10. The molecule has 1 aromatic carbocycles. The minimum Gasteiger partial charge on any atom is -0.328 e. The Bertz CT molecular complexity index is 878. The molecule has 0 saturated carbocycles. The molecule has 2 aromatic rings. The van der Waals surface area contributed by atoms with Gasteiger partial charge in [-0.05, 0) is 22.4 Å². The maximum absolute atomic E-state index is 13.4. The quantitative estimate of drug-likeness (QED) is 0.582. The third-order valence-electron chi connectivity index (χ3n) is 5.96. The van der Waals surface area contributed by atoms with E-state index in [9.17, 15) is 14.9 Å². The van der Waals surface area contributed by atoms with Gasteiger partial charge in [0.25, 0.3) is 0 Å². The highest BCUT2D eigenvalue weighted by atomic mass is 32.1. The van der Waals surface area contributed by atoms with Crippen LogP contribution in [0.4, 0.5) is 0 Å². The Hall–Kier alpha value is -2.25. The minimum atomic E-state index is -0.867. The van der Waals surface area contributed by atoms with E-state index in [2.05, 4.69) is 25.7 Å². The summed E-state index contributed by atoms with van der Waals surface area (Å²) >= 11 is 1.53. The number of thiophene rings is 1. The van der Waals surface area contributed by atoms with E-state index in [-0.39, 0.29) is 22.4 Å². The number of rotatable bonds is 3. The number of carbonyl (C=O) groups excluding carboxylic acids is 1. The summed E-state index contributed by atoms with van der Waals surface area (Å²) in [7, 11) is 1.82. The van der Waals surface area contributed by atoms with Gasteiger partial charge >= 0.3 is 0 Å². The molecule has 2 aliphatic heterocycles. The number of benzene rings is 1. The molecule has 0 radical (unpaired) electrons. The lowest BCUT2D eigenvalue weighted by molar-refractivity contribution is -0.529. The largest absolute Gasteiger partial charge is 0.328 e. The van der Waals surface area contributed by atoms with Gasteiger partial charge in [-0.3, -0.25) is 19.8 Å². The Labute approximate surface area is 168 Å². The van der Waals surface area contributed by atoms with Crippen molar-refractivity contribution >= 4 is 17.2 Å². The van der Waals surface area contributed by atoms with Crippen molar-refractivity contribution in [3.8, 4) is 0 Å². The summed E-state index contributed by atoms with van der Waals surface area (Å²) in [4.78, 5) is 30.4. The number of nitro groups is 1. The normalized spacial score (nSPS) is 30.6. The van der Waals surface area contributed by atoms with E-state index in [1.54, 1.807) is 4.90 Å². The molecular weight excluding hydrogens is 374 g/mol. The van der Waals surface area contributed by atoms with Crippen molar-refractivity contribution in [1.29, 1.82) is 0 Å². The summed E-state index contributed by atoms with van der Waals surface area (Å²) < 4.78 is 0. The second kappa shape index (κ2) is 6.67. The van der Waals surface area contributed by atoms with Crippen LogP contribution in [-0.4, -0.2) is 45.9 Å². The van der Waals surface area contributed by atoms with Crippen LogP contribution in [0, 0.1) is 15.5 Å². The zero-order chi connectivity index (χ0) is 20.2. The van der Waals surface area contributed by atoms with Gasteiger partial charge in [-0.2, -0.15) is 0 Å².